The Morgan fingerprint density at radius 2 is 1.83 bits per heavy atom. The molecule has 0 atom stereocenters. The Hall–Kier alpha value is -3.88. The molecule has 158 valence electrons. The molecule has 0 fully saturated rings. The maximum atomic E-state index is 12.1. The van der Waals surface area contributed by atoms with Gasteiger partial charge in [-0.2, -0.15) is 0 Å². The van der Waals surface area contributed by atoms with Crippen LogP contribution in [0.25, 0.3) is 6.08 Å². The molecule has 1 amide bonds. The van der Waals surface area contributed by atoms with Crippen molar-refractivity contribution in [2.45, 2.75) is 13.8 Å². The summed E-state index contributed by atoms with van der Waals surface area (Å²) >= 11 is 0. The SMILES string of the molecule is COc1cccc(/C=C/C(=O)OCC(=O)Nc2cc(C)c(C)cc2[N+](=O)[O-])c1OC. The number of aryl methyl sites for hydroxylation is 2. The van der Waals surface area contributed by atoms with Crippen molar-refractivity contribution >= 4 is 29.3 Å². The van der Waals surface area contributed by atoms with Gasteiger partial charge in [-0.15, -0.1) is 0 Å². The highest BCUT2D eigenvalue weighted by molar-refractivity contribution is 5.96. The number of anilines is 1. The molecule has 2 aromatic rings. The van der Waals surface area contributed by atoms with Crippen LogP contribution in [-0.2, 0) is 14.3 Å². The first-order chi connectivity index (χ1) is 14.3. The standard InChI is InChI=1S/C21H22N2O7/c1-13-10-16(17(23(26)27)11-14(13)2)22-19(24)12-30-20(25)9-8-15-6-5-7-18(28-3)21(15)29-4/h5-11H,12H2,1-4H3,(H,22,24)/b9-8+. The van der Waals surface area contributed by atoms with Crippen molar-refractivity contribution in [1.29, 1.82) is 0 Å². The van der Waals surface area contributed by atoms with Gasteiger partial charge in [-0.3, -0.25) is 14.9 Å². The van der Waals surface area contributed by atoms with Gasteiger partial charge in [0.2, 0.25) is 0 Å². The van der Waals surface area contributed by atoms with Crippen LogP contribution >= 0.6 is 0 Å². The van der Waals surface area contributed by atoms with E-state index in [4.69, 9.17) is 14.2 Å². The molecule has 0 aliphatic carbocycles. The number of nitrogens with zero attached hydrogens (tertiary/aromatic N) is 1. The normalized spacial score (nSPS) is 10.5. The predicted molar refractivity (Wildman–Crippen MR) is 111 cm³/mol. The number of nitrogens with one attached hydrogen (secondary N) is 1. The third kappa shape index (κ3) is 5.57. The zero-order chi connectivity index (χ0) is 22.3. The minimum atomic E-state index is -0.760. The molecule has 0 aliphatic rings. The van der Waals surface area contributed by atoms with Crippen LogP contribution in [0.2, 0.25) is 0 Å². The summed E-state index contributed by atoms with van der Waals surface area (Å²) < 4.78 is 15.4. The molecule has 0 saturated heterocycles. The van der Waals surface area contributed by atoms with E-state index in [9.17, 15) is 19.7 Å². The fourth-order valence-corrected chi connectivity index (χ4v) is 2.62. The lowest BCUT2D eigenvalue weighted by Crippen LogP contribution is -2.20. The van der Waals surface area contributed by atoms with Crippen molar-refractivity contribution < 1.29 is 28.7 Å². The first-order valence-corrected chi connectivity index (χ1v) is 8.88. The number of benzene rings is 2. The lowest BCUT2D eigenvalue weighted by Gasteiger charge is -2.10. The van der Waals surface area contributed by atoms with Crippen molar-refractivity contribution in [3.63, 3.8) is 0 Å². The number of methoxy groups -OCH3 is 2. The van der Waals surface area contributed by atoms with E-state index < -0.39 is 23.4 Å². The van der Waals surface area contributed by atoms with Crippen LogP contribution in [0, 0.1) is 24.0 Å². The molecule has 1 N–H and O–H groups in total. The monoisotopic (exact) mass is 414 g/mol. The number of carbonyl (C=O) groups is 2. The van der Waals surface area contributed by atoms with Gasteiger partial charge in [0.1, 0.15) is 5.69 Å². The van der Waals surface area contributed by atoms with Gasteiger partial charge in [-0.1, -0.05) is 12.1 Å². The summed E-state index contributed by atoms with van der Waals surface area (Å²) in [6.07, 6.45) is 2.61. The molecule has 0 bridgehead atoms. The molecule has 0 radical (unpaired) electrons. The van der Waals surface area contributed by atoms with E-state index in [2.05, 4.69) is 5.32 Å². The highest BCUT2D eigenvalue weighted by Gasteiger charge is 2.18. The summed E-state index contributed by atoms with van der Waals surface area (Å²) in [4.78, 5) is 34.6. The van der Waals surface area contributed by atoms with Crippen LogP contribution in [0.3, 0.4) is 0 Å². The van der Waals surface area contributed by atoms with Crippen LogP contribution in [0.15, 0.2) is 36.4 Å². The van der Waals surface area contributed by atoms with Crippen molar-refractivity contribution in [2.24, 2.45) is 0 Å². The van der Waals surface area contributed by atoms with Gasteiger partial charge in [0, 0.05) is 17.7 Å². The van der Waals surface area contributed by atoms with Crippen LogP contribution in [0.4, 0.5) is 11.4 Å². The Labute approximate surface area is 173 Å². The molecule has 9 nitrogen and oxygen atoms in total. The molecule has 2 rings (SSSR count). The van der Waals surface area contributed by atoms with Gasteiger partial charge in [0.05, 0.1) is 19.1 Å². The van der Waals surface area contributed by atoms with Gasteiger partial charge in [0.15, 0.2) is 18.1 Å². The Balaban J connectivity index is 2.01. The molecule has 9 heteroatoms. The number of hydrogen-bond donors (Lipinski definition) is 1. The molecule has 0 unspecified atom stereocenters. The molecular formula is C21H22N2O7. The van der Waals surface area contributed by atoms with Crippen LogP contribution in [-0.4, -0.2) is 37.6 Å². The highest BCUT2D eigenvalue weighted by atomic mass is 16.6. The molecule has 0 heterocycles. The average Bonchev–Trinajstić information content (AvgIpc) is 2.72. The number of ether oxygens (including phenoxy) is 3. The van der Waals surface area contributed by atoms with Gasteiger partial charge in [-0.05, 0) is 43.2 Å². The van der Waals surface area contributed by atoms with Crippen LogP contribution in [0.5, 0.6) is 11.5 Å². The number of nitro benzene ring substituents is 1. The Kier molecular flexibility index (Phi) is 7.51. The fraction of sp³-hybridized carbons (Fsp3) is 0.238. The third-order valence-corrected chi connectivity index (χ3v) is 4.26. The van der Waals surface area contributed by atoms with Crippen molar-refractivity contribution in [3.05, 3.63) is 63.2 Å². The second-order valence-electron chi connectivity index (χ2n) is 6.28. The molecule has 0 aliphatic heterocycles. The van der Waals surface area contributed by atoms with Crippen LogP contribution in [0.1, 0.15) is 16.7 Å². The third-order valence-electron chi connectivity index (χ3n) is 4.26. The van der Waals surface area contributed by atoms with E-state index in [0.717, 1.165) is 17.2 Å². The second-order valence-corrected chi connectivity index (χ2v) is 6.28. The Morgan fingerprint density at radius 3 is 2.47 bits per heavy atom. The summed E-state index contributed by atoms with van der Waals surface area (Å²) in [6.45, 7) is 2.91. The number of amides is 1. The van der Waals surface area contributed by atoms with E-state index >= 15 is 0 Å². The summed E-state index contributed by atoms with van der Waals surface area (Å²) in [5, 5.41) is 13.6. The topological polar surface area (TPSA) is 117 Å². The maximum absolute atomic E-state index is 12.1. The zero-order valence-corrected chi connectivity index (χ0v) is 17.1. The summed E-state index contributed by atoms with van der Waals surface area (Å²) in [6, 6.07) is 8.04. The molecule has 0 aromatic heterocycles. The first-order valence-electron chi connectivity index (χ1n) is 8.88. The second kappa shape index (κ2) is 10.1. The molecule has 2 aromatic carbocycles. The Bertz CT molecular complexity index is 999. The van der Waals surface area contributed by atoms with E-state index in [0.29, 0.717) is 17.1 Å². The largest absolute Gasteiger partial charge is 0.493 e. The van der Waals surface area contributed by atoms with Crippen molar-refractivity contribution in [2.75, 3.05) is 26.1 Å². The smallest absolute Gasteiger partial charge is 0.331 e. The first kappa shape index (κ1) is 22.4. The quantitative estimate of drug-likeness (QED) is 0.304. The summed E-state index contributed by atoms with van der Waals surface area (Å²) in [5.41, 5.74) is 1.90. The minimum Gasteiger partial charge on any atom is -0.493 e. The van der Waals surface area contributed by atoms with Gasteiger partial charge in [-0.25, -0.2) is 4.79 Å². The van der Waals surface area contributed by atoms with Gasteiger partial charge < -0.3 is 19.5 Å². The zero-order valence-electron chi connectivity index (χ0n) is 17.1. The summed E-state index contributed by atoms with van der Waals surface area (Å²) in [7, 11) is 2.97. The number of rotatable bonds is 8. The van der Waals surface area contributed by atoms with E-state index in [1.807, 2.05) is 0 Å². The van der Waals surface area contributed by atoms with Crippen molar-refractivity contribution in [1.82, 2.24) is 0 Å². The molecule has 0 saturated carbocycles. The van der Waals surface area contributed by atoms with Gasteiger partial charge >= 0.3 is 5.97 Å². The number of hydrogen-bond acceptors (Lipinski definition) is 7. The molecular weight excluding hydrogens is 392 g/mol. The fourth-order valence-electron chi connectivity index (χ4n) is 2.62. The summed E-state index contributed by atoms with van der Waals surface area (Å²) in [5.74, 6) is -0.502. The molecule has 30 heavy (non-hydrogen) atoms. The predicted octanol–water partition coefficient (Wildman–Crippen LogP) is 3.42. The lowest BCUT2D eigenvalue weighted by molar-refractivity contribution is -0.384. The number of carbonyl (C=O) groups excluding carboxylic acids is 2. The van der Waals surface area contributed by atoms with Crippen LogP contribution < -0.4 is 14.8 Å². The van der Waals surface area contributed by atoms with Gasteiger partial charge in [0.25, 0.3) is 11.6 Å². The number of nitro groups is 1. The minimum absolute atomic E-state index is 0.0424. The van der Waals surface area contributed by atoms with E-state index in [1.54, 1.807) is 32.0 Å². The number of esters is 1. The van der Waals surface area contributed by atoms with Crippen molar-refractivity contribution in [3.8, 4) is 11.5 Å². The maximum Gasteiger partial charge on any atom is 0.331 e. The highest BCUT2D eigenvalue weighted by Crippen LogP contribution is 2.31. The van der Waals surface area contributed by atoms with E-state index in [-0.39, 0.29) is 11.4 Å². The average molecular weight is 414 g/mol. The van der Waals surface area contributed by atoms with E-state index in [1.165, 1.54) is 32.4 Å². The Morgan fingerprint density at radius 1 is 1.13 bits per heavy atom. The lowest BCUT2D eigenvalue weighted by atomic mass is 10.1. The molecule has 0 spiro atoms. The number of para-hydroxylation sites is 1.